The molecular weight excluding hydrogens is 297 g/mol. The Balaban J connectivity index is 2.48. The largest absolute Gasteiger partial charge is 0.319 e. The van der Waals surface area contributed by atoms with E-state index in [9.17, 15) is 4.39 Å². The summed E-state index contributed by atoms with van der Waals surface area (Å²) >= 11 is 3.37. The third kappa shape index (κ3) is 2.62. The Bertz CT molecular complexity index is 551. The van der Waals surface area contributed by atoms with Crippen LogP contribution in [0.1, 0.15) is 11.4 Å². The molecule has 0 atom stereocenters. The van der Waals surface area contributed by atoms with Crippen LogP contribution in [0.25, 0.3) is 11.1 Å². The number of H-pyrrole nitrogens is 1. The van der Waals surface area contributed by atoms with E-state index in [0.717, 1.165) is 34.4 Å². The number of rotatable bonds is 4. The first kappa shape index (κ1) is 13.2. The summed E-state index contributed by atoms with van der Waals surface area (Å²) in [6.45, 7) is 2.72. The van der Waals surface area contributed by atoms with Crippen LogP contribution < -0.4 is 5.32 Å². The molecule has 0 saturated carbocycles. The van der Waals surface area contributed by atoms with Gasteiger partial charge in [-0.05, 0) is 32.2 Å². The topological polar surface area (TPSA) is 40.7 Å². The summed E-state index contributed by atoms with van der Waals surface area (Å²) in [6.07, 6.45) is 0.766. The van der Waals surface area contributed by atoms with Crippen molar-refractivity contribution in [2.45, 2.75) is 13.3 Å². The standard InChI is InChI=1S/C13H15BrFN3/c1-8-13(12(18-17-8)5-6-16-2)10-7-9(14)3-4-11(10)15/h3-4,7,16H,5-6H2,1-2H3,(H,17,18). The molecule has 3 nitrogen and oxygen atoms in total. The zero-order valence-corrected chi connectivity index (χ0v) is 11.9. The van der Waals surface area contributed by atoms with Gasteiger partial charge in [0.2, 0.25) is 0 Å². The Hall–Kier alpha value is -1.20. The van der Waals surface area contributed by atoms with Crippen molar-refractivity contribution in [1.82, 2.24) is 15.5 Å². The maximum absolute atomic E-state index is 13.9. The van der Waals surface area contributed by atoms with Crippen LogP contribution in [0, 0.1) is 12.7 Å². The lowest BCUT2D eigenvalue weighted by atomic mass is 10.0. The van der Waals surface area contributed by atoms with Crippen LogP contribution in [0.15, 0.2) is 22.7 Å². The van der Waals surface area contributed by atoms with E-state index in [2.05, 4.69) is 31.4 Å². The Morgan fingerprint density at radius 2 is 2.22 bits per heavy atom. The first-order valence-electron chi connectivity index (χ1n) is 5.77. The van der Waals surface area contributed by atoms with Gasteiger partial charge in [0.1, 0.15) is 5.82 Å². The van der Waals surface area contributed by atoms with Crippen molar-refractivity contribution in [2.24, 2.45) is 0 Å². The molecule has 1 aromatic heterocycles. The average molecular weight is 312 g/mol. The summed E-state index contributed by atoms with van der Waals surface area (Å²) in [5.41, 5.74) is 3.22. The minimum atomic E-state index is -0.228. The highest BCUT2D eigenvalue weighted by Crippen LogP contribution is 2.30. The molecule has 2 rings (SSSR count). The number of likely N-dealkylation sites (N-methyl/N-ethyl adjacent to an activating group) is 1. The number of nitrogens with zero attached hydrogens (tertiary/aromatic N) is 1. The maximum Gasteiger partial charge on any atom is 0.131 e. The molecule has 0 saturated heterocycles. The van der Waals surface area contributed by atoms with E-state index in [0.29, 0.717) is 5.56 Å². The lowest BCUT2D eigenvalue weighted by Gasteiger charge is -2.06. The molecule has 0 aliphatic rings. The van der Waals surface area contributed by atoms with Gasteiger partial charge >= 0.3 is 0 Å². The van der Waals surface area contributed by atoms with Crippen molar-refractivity contribution in [3.05, 3.63) is 39.9 Å². The lowest BCUT2D eigenvalue weighted by Crippen LogP contribution is -2.11. The van der Waals surface area contributed by atoms with Gasteiger partial charge in [-0.2, -0.15) is 5.10 Å². The average Bonchev–Trinajstić information content (AvgIpc) is 2.71. The molecule has 0 spiro atoms. The van der Waals surface area contributed by atoms with Crippen LogP contribution in [0.2, 0.25) is 0 Å². The smallest absolute Gasteiger partial charge is 0.131 e. The van der Waals surface area contributed by atoms with Crippen LogP contribution in [-0.2, 0) is 6.42 Å². The minimum Gasteiger partial charge on any atom is -0.319 e. The van der Waals surface area contributed by atoms with Gasteiger partial charge in [0.25, 0.3) is 0 Å². The SMILES string of the molecule is CNCCc1n[nH]c(C)c1-c1cc(Br)ccc1F. The van der Waals surface area contributed by atoms with Crippen LogP contribution >= 0.6 is 15.9 Å². The number of hydrogen-bond acceptors (Lipinski definition) is 2. The number of aryl methyl sites for hydroxylation is 1. The van der Waals surface area contributed by atoms with Crippen molar-refractivity contribution in [3.8, 4) is 11.1 Å². The highest BCUT2D eigenvalue weighted by molar-refractivity contribution is 9.10. The van der Waals surface area contributed by atoms with E-state index in [1.165, 1.54) is 6.07 Å². The molecule has 2 aromatic rings. The normalized spacial score (nSPS) is 10.9. The molecule has 1 heterocycles. The van der Waals surface area contributed by atoms with E-state index < -0.39 is 0 Å². The Labute approximate surface area is 114 Å². The summed E-state index contributed by atoms with van der Waals surface area (Å²) < 4.78 is 14.8. The molecule has 0 fully saturated rings. The first-order chi connectivity index (χ1) is 8.63. The van der Waals surface area contributed by atoms with E-state index in [4.69, 9.17) is 0 Å². The minimum absolute atomic E-state index is 0.228. The van der Waals surface area contributed by atoms with Crippen molar-refractivity contribution in [1.29, 1.82) is 0 Å². The van der Waals surface area contributed by atoms with E-state index >= 15 is 0 Å². The fourth-order valence-corrected chi connectivity index (χ4v) is 2.31. The molecule has 96 valence electrons. The van der Waals surface area contributed by atoms with E-state index in [1.54, 1.807) is 12.1 Å². The fraction of sp³-hybridized carbons (Fsp3) is 0.308. The maximum atomic E-state index is 13.9. The number of nitrogens with one attached hydrogen (secondary N) is 2. The number of aromatic amines is 1. The molecule has 0 amide bonds. The van der Waals surface area contributed by atoms with E-state index in [-0.39, 0.29) is 5.82 Å². The van der Waals surface area contributed by atoms with Gasteiger partial charge in [-0.15, -0.1) is 0 Å². The van der Waals surface area contributed by atoms with Gasteiger partial charge in [-0.3, -0.25) is 5.10 Å². The predicted octanol–water partition coefficient (Wildman–Crippen LogP) is 3.05. The quantitative estimate of drug-likeness (QED) is 0.911. The molecule has 0 aliphatic heterocycles. The third-order valence-electron chi connectivity index (χ3n) is 2.83. The first-order valence-corrected chi connectivity index (χ1v) is 6.56. The van der Waals surface area contributed by atoms with Gasteiger partial charge in [-0.25, -0.2) is 4.39 Å². The van der Waals surface area contributed by atoms with Crippen LogP contribution in [0.5, 0.6) is 0 Å². The summed E-state index contributed by atoms with van der Waals surface area (Å²) in [7, 11) is 1.89. The molecule has 2 N–H and O–H groups in total. The van der Waals surface area contributed by atoms with Crippen molar-refractivity contribution >= 4 is 15.9 Å². The molecule has 0 aliphatic carbocycles. The fourth-order valence-electron chi connectivity index (χ4n) is 1.95. The van der Waals surface area contributed by atoms with Gasteiger partial charge < -0.3 is 5.32 Å². The Kier molecular flexibility index (Phi) is 4.14. The van der Waals surface area contributed by atoms with Crippen LogP contribution in [0.4, 0.5) is 4.39 Å². The van der Waals surface area contributed by atoms with Gasteiger partial charge in [0.05, 0.1) is 5.69 Å². The zero-order valence-electron chi connectivity index (χ0n) is 10.3. The molecule has 0 bridgehead atoms. The van der Waals surface area contributed by atoms with E-state index in [1.807, 2.05) is 14.0 Å². The number of hydrogen-bond donors (Lipinski definition) is 2. The molecule has 5 heteroatoms. The van der Waals surface area contributed by atoms with Gasteiger partial charge in [0, 0.05) is 34.3 Å². The number of aromatic nitrogens is 2. The highest BCUT2D eigenvalue weighted by atomic mass is 79.9. The monoisotopic (exact) mass is 311 g/mol. The van der Waals surface area contributed by atoms with Crippen LogP contribution in [0.3, 0.4) is 0 Å². The highest BCUT2D eigenvalue weighted by Gasteiger charge is 2.15. The van der Waals surface area contributed by atoms with Crippen LogP contribution in [-0.4, -0.2) is 23.8 Å². The lowest BCUT2D eigenvalue weighted by molar-refractivity contribution is 0.630. The van der Waals surface area contributed by atoms with Gasteiger partial charge in [0.15, 0.2) is 0 Å². The Morgan fingerprint density at radius 3 is 2.94 bits per heavy atom. The second kappa shape index (κ2) is 5.63. The third-order valence-corrected chi connectivity index (χ3v) is 3.32. The van der Waals surface area contributed by atoms with Crippen molar-refractivity contribution in [2.75, 3.05) is 13.6 Å². The number of benzene rings is 1. The zero-order chi connectivity index (χ0) is 13.1. The summed E-state index contributed by atoms with van der Waals surface area (Å²) in [4.78, 5) is 0. The van der Waals surface area contributed by atoms with Crippen molar-refractivity contribution < 1.29 is 4.39 Å². The van der Waals surface area contributed by atoms with Gasteiger partial charge in [-0.1, -0.05) is 15.9 Å². The summed E-state index contributed by atoms with van der Waals surface area (Å²) in [5, 5.41) is 10.3. The van der Waals surface area contributed by atoms with Crippen molar-refractivity contribution in [3.63, 3.8) is 0 Å². The molecule has 1 aromatic carbocycles. The molecule has 0 radical (unpaired) electrons. The second-order valence-electron chi connectivity index (χ2n) is 4.15. The molecular formula is C13H15BrFN3. The Morgan fingerprint density at radius 1 is 1.44 bits per heavy atom. The summed E-state index contributed by atoms with van der Waals surface area (Å²) in [5.74, 6) is -0.228. The molecule has 0 unspecified atom stereocenters. The summed E-state index contributed by atoms with van der Waals surface area (Å²) in [6, 6.07) is 4.95. The molecule has 18 heavy (non-hydrogen) atoms. The second-order valence-corrected chi connectivity index (χ2v) is 5.06. The number of halogens is 2. The predicted molar refractivity (Wildman–Crippen MR) is 74.0 cm³/mol.